The van der Waals surface area contributed by atoms with Crippen LogP contribution in [0, 0.1) is 12.7 Å². The van der Waals surface area contributed by atoms with Crippen molar-refractivity contribution in [3.05, 3.63) is 99.2 Å². The molecule has 2 aromatic heterocycles. The Morgan fingerprint density at radius 3 is 2.66 bits per heavy atom. The molecule has 0 fully saturated rings. The number of benzene rings is 2. The molecule has 0 bridgehead atoms. The van der Waals surface area contributed by atoms with E-state index in [2.05, 4.69) is 9.97 Å². The lowest BCUT2D eigenvalue weighted by molar-refractivity contribution is 0.469. The van der Waals surface area contributed by atoms with Crippen molar-refractivity contribution in [2.75, 3.05) is 0 Å². The van der Waals surface area contributed by atoms with Crippen LogP contribution in [-0.2, 0) is 6.42 Å². The van der Waals surface area contributed by atoms with Gasteiger partial charge in [-0.15, -0.1) is 0 Å². The highest BCUT2D eigenvalue weighted by atomic mass is 35.5. The van der Waals surface area contributed by atoms with Gasteiger partial charge in [0.05, 0.1) is 6.20 Å². The van der Waals surface area contributed by atoms with Crippen LogP contribution < -0.4 is 0 Å². The van der Waals surface area contributed by atoms with Gasteiger partial charge < -0.3 is 5.11 Å². The molecule has 0 aliphatic carbocycles. The van der Waals surface area contributed by atoms with Crippen LogP contribution in [0.15, 0.2) is 60.9 Å². The number of rotatable bonds is 4. The van der Waals surface area contributed by atoms with Crippen LogP contribution in [0.5, 0.6) is 5.75 Å². The smallest absolute Gasteiger partial charge is 0.145 e. The second-order valence-electron chi connectivity index (χ2n) is 6.93. The molecule has 0 radical (unpaired) electrons. The monoisotopic (exact) mass is 426 g/mol. The number of aryl methyl sites for hydroxylation is 1. The topological polar surface area (TPSA) is 46.0 Å². The third kappa shape index (κ3) is 3.91. The molecule has 3 nitrogen and oxygen atoms in total. The minimum Gasteiger partial charge on any atom is -0.505 e. The number of pyridine rings is 2. The van der Waals surface area contributed by atoms with E-state index in [1.807, 2.05) is 24.3 Å². The third-order valence-corrected chi connectivity index (χ3v) is 5.58. The summed E-state index contributed by atoms with van der Waals surface area (Å²) < 4.78 is 13.7. The van der Waals surface area contributed by atoms with Crippen molar-refractivity contribution < 1.29 is 9.50 Å². The summed E-state index contributed by atoms with van der Waals surface area (Å²) in [5.41, 5.74) is 3.12. The van der Waals surface area contributed by atoms with Crippen LogP contribution in [-0.4, -0.2) is 15.1 Å². The van der Waals surface area contributed by atoms with E-state index in [4.69, 9.17) is 23.2 Å². The number of phenolic OH excluding ortho intramolecular Hbond substituents is 1. The Kier molecular flexibility index (Phi) is 5.39. The third-order valence-electron chi connectivity index (χ3n) is 5.00. The highest BCUT2D eigenvalue weighted by molar-refractivity contribution is 6.33. The maximum atomic E-state index is 13.7. The summed E-state index contributed by atoms with van der Waals surface area (Å²) in [6.07, 6.45) is 3.26. The summed E-state index contributed by atoms with van der Waals surface area (Å²) in [6.45, 7) is 1.69. The normalized spacial score (nSPS) is 12.3. The average molecular weight is 427 g/mol. The van der Waals surface area contributed by atoms with E-state index in [0.29, 0.717) is 38.8 Å². The average Bonchev–Trinajstić information content (AvgIpc) is 2.72. The van der Waals surface area contributed by atoms with E-state index in [0.717, 1.165) is 10.9 Å². The van der Waals surface area contributed by atoms with Gasteiger partial charge in [-0.25, -0.2) is 4.39 Å². The summed E-state index contributed by atoms with van der Waals surface area (Å²) in [5.74, 6) is -0.614. The van der Waals surface area contributed by atoms with Gasteiger partial charge in [-0.05, 0) is 48.4 Å². The molecule has 2 aromatic carbocycles. The molecule has 0 aliphatic rings. The van der Waals surface area contributed by atoms with Gasteiger partial charge in [-0.2, -0.15) is 0 Å². The van der Waals surface area contributed by atoms with Crippen LogP contribution >= 0.6 is 23.2 Å². The fourth-order valence-electron chi connectivity index (χ4n) is 3.51. The van der Waals surface area contributed by atoms with Gasteiger partial charge >= 0.3 is 0 Å². The van der Waals surface area contributed by atoms with Gasteiger partial charge in [0.1, 0.15) is 17.1 Å². The maximum absolute atomic E-state index is 13.7. The van der Waals surface area contributed by atoms with Crippen LogP contribution in [0.25, 0.3) is 10.9 Å². The predicted molar refractivity (Wildman–Crippen MR) is 114 cm³/mol. The van der Waals surface area contributed by atoms with Crippen LogP contribution in [0.1, 0.15) is 28.3 Å². The lowest BCUT2D eigenvalue weighted by Crippen LogP contribution is -2.08. The zero-order chi connectivity index (χ0) is 20.5. The number of hydrogen-bond donors (Lipinski definition) is 1. The van der Waals surface area contributed by atoms with Gasteiger partial charge in [-0.1, -0.05) is 41.4 Å². The summed E-state index contributed by atoms with van der Waals surface area (Å²) in [7, 11) is 0. The fraction of sp³-hybridized carbons (Fsp3) is 0.130. The van der Waals surface area contributed by atoms with Gasteiger partial charge in [0.25, 0.3) is 0 Å². The summed E-state index contributed by atoms with van der Waals surface area (Å²) in [5, 5.41) is 12.9. The van der Waals surface area contributed by atoms with Crippen molar-refractivity contribution >= 4 is 34.1 Å². The number of fused-ring (bicyclic) bond motifs is 1. The Bertz CT molecular complexity index is 1210. The molecule has 0 amide bonds. The Labute approximate surface area is 177 Å². The first-order valence-corrected chi connectivity index (χ1v) is 9.82. The highest BCUT2D eigenvalue weighted by Crippen LogP contribution is 2.40. The largest absolute Gasteiger partial charge is 0.505 e. The molecule has 2 heterocycles. The number of halogens is 3. The zero-order valence-electron chi connectivity index (χ0n) is 15.5. The Balaban J connectivity index is 1.89. The van der Waals surface area contributed by atoms with E-state index in [1.165, 1.54) is 6.20 Å². The predicted octanol–water partition coefficient (Wildman–Crippen LogP) is 6.46. The van der Waals surface area contributed by atoms with Gasteiger partial charge in [-0.3, -0.25) is 9.97 Å². The number of aromatic nitrogens is 2. The molecule has 4 aromatic rings. The van der Waals surface area contributed by atoms with Crippen molar-refractivity contribution in [1.82, 2.24) is 9.97 Å². The number of hydrogen-bond acceptors (Lipinski definition) is 3. The molecular formula is C23H17Cl2FN2O. The molecule has 6 heteroatoms. The molecule has 0 spiro atoms. The fourth-order valence-corrected chi connectivity index (χ4v) is 3.94. The van der Waals surface area contributed by atoms with Crippen molar-refractivity contribution in [3.63, 3.8) is 0 Å². The number of nitrogens with zero attached hydrogens (tertiary/aromatic N) is 2. The lowest BCUT2D eigenvalue weighted by atomic mass is 9.86. The maximum Gasteiger partial charge on any atom is 0.145 e. The number of phenols is 1. The SMILES string of the molecule is Cc1cc(CC(c2cc(Cl)ccc2Cl)c2ccc3cccnc3c2O)ncc1F. The second kappa shape index (κ2) is 7.97. The quantitative estimate of drug-likeness (QED) is 0.406. The minimum atomic E-state index is -0.358. The molecule has 1 N–H and O–H groups in total. The molecule has 1 unspecified atom stereocenters. The summed E-state index contributed by atoms with van der Waals surface area (Å²) in [4.78, 5) is 8.54. The Morgan fingerprint density at radius 2 is 1.86 bits per heavy atom. The molecule has 1 atom stereocenters. The summed E-state index contributed by atoms with van der Waals surface area (Å²) in [6, 6.07) is 14.4. The Hall–Kier alpha value is -2.69. The van der Waals surface area contributed by atoms with Crippen molar-refractivity contribution in [1.29, 1.82) is 0 Å². The highest BCUT2D eigenvalue weighted by Gasteiger charge is 2.23. The molecule has 0 saturated heterocycles. The Morgan fingerprint density at radius 1 is 1.03 bits per heavy atom. The lowest BCUT2D eigenvalue weighted by Gasteiger charge is -2.21. The van der Waals surface area contributed by atoms with Crippen molar-refractivity contribution in [2.45, 2.75) is 19.3 Å². The zero-order valence-corrected chi connectivity index (χ0v) is 17.0. The second-order valence-corrected chi connectivity index (χ2v) is 7.77. The standard InChI is InChI=1S/C23H17Cl2FN2O/c1-13-9-16(28-12-21(13)26)11-18(19-10-15(24)5-7-20(19)25)17-6-4-14-3-2-8-27-22(14)23(17)29/h2-10,12,18,29H,11H2,1H3. The van der Waals surface area contributed by atoms with E-state index >= 15 is 0 Å². The van der Waals surface area contributed by atoms with Crippen LogP contribution in [0.3, 0.4) is 0 Å². The van der Waals surface area contributed by atoms with Gasteiger partial charge in [0.2, 0.25) is 0 Å². The molecule has 29 heavy (non-hydrogen) atoms. The molecule has 0 aliphatic heterocycles. The minimum absolute atomic E-state index is 0.0861. The summed E-state index contributed by atoms with van der Waals surface area (Å²) >= 11 is 12.7. The molecular weight excluding hydrogens is 410 g/mol. The van der Waals surface area contributed by atoms with Crippen molar-refractivity contribution in [3.8, 4) is 5.75 Å². The van der Waals surface area contributed by atoms with Gasteiger partial charge in [0, 0.05) is 45.2 Å². The van der Waals surface area contributed by atoms with Crippen LogP contribution in [0.4, 0.5) is 4.39 Å². The van der Waals surface area contributed by atoms with Crippen LogP contribution in [0.2, 0.25) is 10.0 Å². The first kappa shape index (κ1) is 19.6. The first-order chi connectivity index (χ1) is 13.9. The molecule has 0 saturated carbocycles. The van der Waals surface area contributed by atoms with E-state index in [-0.39, 0.29) is 17.5 Å². The van der Waals surface area contributed by atoms with Crippen molar-refractivity contribution in [2.24, 2.45) is 0 Å². The van der Waals surface area contributed by atoms with E-state index in [9.17, 15) is 9.50 Å². The van der Waals surface area contributed by atoms with E-state index in [1.54, 1.807) is 37.4 Å². The molecule has 146 valence electrons. The number of aromatic hydroxyl groups is 1. The first-order valence-electron chi connectivity index (χ1n) is 9.06. The van der Waals surface area contributed by atoms with E-state index < -0.39 is 0 Å². The van der Waals surface area contributed by atoms with Gasteiger partial charge in [0.15, 0.2) is 0 Å². The molecule has 4 rings (SSSR count).